The highest BCUT2D eigenvalue weighted by atomic mass is 16.5. The predicted molar refractivity (Wildman–Crippen MR) is 75.9 cm³/mol. The number of carbonyl (C=O) groups is 2. The Morgan fingerprint density at radius 3 is 2.76 bits per heavy atom. The topological polar surface area (TPSA) is 70.1 Å². The minimum absolute atomic E-state index is 0.0627. The number of amides is 2. The molecular weight excluding hydrogens is 272 g/mol. The fourth-order valence-electron chi connectivity index (χ4n) is 4.24. The number of carboxylic acid groups (broad SMARTS) is 1. The summed E-state index contributed by atoms with van der Waals surface area (Å²) in [7, 11) is 1.83. The van der Waals surface area contributed by atoms with Gasteiger partial charge in [0.2, 0.25) is 0 Å². The molecule has 2 bridgehead atoms. The van der Waals surface area contributed by atoms with Gasteiger partial charge in [-0.2, -0.15) is 0 Å². The second kappa shape index (κ2) is 5.83. The van der Waals surface area contributed by atoms with Crippen LogP contribution in [0.1, 0.15) is 25.7 Å². The van der Waals surface area contributed by atoms with E-state index in [1.165, 1.54) is 25.7 Å². The fourth-order valence-corrected chi connectivity index (χ4v) is 4.24. The van der Waals surface area contributed by atoms with Gasteiger partial charge in [0.25, 0.3) is 0 Å². The average Bonchev–Trinajstić information content (AvgIpc) is 3.09. The van der Waals surface area contributed by atoms with Crippen molar-refractivity contribution in [3.05, 3.63) is 0 Å². The Labute approximate surface area is 125 Å². The van der Waals surface area contributed by atoms with Crippen molar-refractivity contribution < 1.29 is 19.4 Å². The molecule has 3 aliphatic rings. The maximum Gasteiger partial charge on any atom is 0.334 e. The Balaban J connectivity index is 1.53. The first kappa shape index (κ1) is 14.6. The van der Waals surface area contributed by atoms with E-state index in [4.69, 9.17) is 9.84 Å². The Kier molecular flexibility index (Phi) is 4.06. The summed E-state index contributed by atoms with van der Waals surface area (Å²) in [5.41, 5.74) is 0. The van der Waals surface area contributed by atoms with Crippen molar-refractivity contribution in [2.75, 3.05) is 33.3 Å². The number of hydrogen-bond acceptors (Lipinski definition) is 3. The number of morpholine rings is 1. The second-order valence-electron chi connectivity index (χ2n) is 6.74. The zero-order valence-corrected chi connectivity index (χ0v) is 12.5. The van der Waals surface area contributed by atoms with Crippen molar-refractivity contribution >= 4 is 12.0 Å². The second-order valence-corrected chi connectivity index (χ2v) is 6.74. The number of fused-ring (bicyclic) bond motifs is 2. The van der Waals surface area contributed by atoms with Gasteiger partial charge in [-0.3, -0.25) is 0 Å². The van der Waals surface area contributed by atoms with E-state index in [0.29, 0.717) is 19.1 Å². The predicted octanol–water partition coefficient (Wildman–Crippen LogP) is 1.26. The van der Waals surface area contributed by atoms with Gasteiger partial charge in [-0.25, -0.2) is 9.59 Å². The number of urea groups is 1. The molecule has 0 aromatic rings. The molecule has 1 N–H and O–H groups in total. The lowest BCUT2D eigenvalue weighted by atomic mass is 9.88. The summed E-state index contributed by atoms with van der Waals surface area (Å²) in [4.78, 5) is 26.8. The molecule has 0 radical (unpaired) electrons. The molecule has 1 heterocycles. The van der Waals surface area contributed by atoms with Crippen LogP contribution in [0.2, 0.25) is 0 Å². The lowest BCUT2D eigenvalue weighted by Gasteiger charge is -2.35. The Morgan fingerprint density at radius 2 is 2.14 bits per heavy atom. The van der Waals surface area contributed by atoms with Crippen molar-refractivity contribution in [2.24, 2.45) is 17.8 Å². The molecule has 21 heavy (non-hydrogen) atoms. The minimum Gasteiger partial charge on any atom is -0.479 e. The molecular formula is C15H24N2O4. The van der Waals surface area contributed by atoms with E-state index in [9.17, 15) is 9.59 Å². The molecule has 0 aromatic carbocycles. The minimum atomic E-state index is -0.997. The van der Waals surface area contributed by atoms with Crippen LogP contribution in [0.4, 0.5) is 4.79 Å². The van der Waals surface area contributed by atoms with Crippen LogP contribution in [-0.4, -0.2) is 66.3 Å². The number of carboxylic acids is 1. The van der Waals surface area contributed by atoms with Gasteiger partial charge in [-0.05, 0) is 37.0 Å². The average molecular weight is 296 g/mol. The molecule has 3 fully saturated rings. The smallest absolute Gasteiger partial charge is 0.334 e. The van der Waals surface area contributed by atoms with Crippen LogP contribution in [0, 0.1) is 17.8 Å². The molecule has 2 amide bonds. The summed E-state index contributed by atoms with van der Waals surface area (Å²) in [6.45, 7) is 1.72. The summed E-state index contributed by atoms with van der Waals surface area (Å²) >= 11 is 0. The molecule has 2 saturated carbocycles. The van der Waals surface area contributed by atoms with Gasteiger partial charge in [-0.15, -0.1) is 0 Å². The van der Waals surface area contributed by atoms with Crippen LogP contribution in [-0.2, 0) is 9.53 Å². The lowest BCUT2D eigenvalue weighted by molar-refractivity contribution is -0.154. The number of rotatable bonds is 3. The highest BCUT2D eigenvalue weighted by Crippen LogP contribution is 2.48. The summed E-state index contributed by atoms with van der Waals surface area (Å²) in [5, 5.41) is 9.00. The van der Waals surface area contributed by atoms with Crippen molar-refractivity contribution in [3.8, 4) is 0 Å². The van der Waals surface area contributed by atoms with Crippen LogP contribution in [0.15, 0.2) is 0 Å². The van der Waals surface area contributed by atoms with Gasteiger partial charge in [0.05, 0.1) is 13.2 Å². The molecule has 0 spiro atoms. The number of hydrogen-bond donors (Lipinski definition) is 1. The Hall–Kier alpha value is -1.30. The van der Waals surface area contributed by atoms with Gasteiger partial charge in [0.15, 0.2) is 6.10 Å². The van der Waals surface area contributed by atoms with Crippen LogP contribution in [0.25, 0.3) is 0 Å². The maximum absolute atomic E-state index is 12.5. The maximum atomic E-state index is 12.5. The van der Waals surface area contributed by atoms with Gasteiger partial charge in [-0.1, -0.05) is 6.42 Å². The van der Waals surface area contributed by atoms with E-state index in [1.54, 1.807) is 9.80 Å². The molecule has 118 valence electrons. The Morgan fingerprint density at radius 1 is 1.33 bits per heavy atom. The number of nitrogens with zero attached hydrogens (tertiary/aromatic N) is 2. The Bertz CT molecular complexity index is 428. The first-order valence-electron chi connectivity index (χ1n) is 7.89. The molecule has 4 unspecified atom stereocenters. The third-order valence-electron chi connectivity index (χ3n) is 5.33. The molecule has 1 aliphatic heterocycles. The summed E-state index contributed by atoms with van der Waals surface area (Å²) in [5.74, 6) is 1.31. The molecule has 0 aromatic heterocycles. The summed E-state index contributed by atoms with van der Waals surface area (Å²) < 4.78 is 5.16. The van der Waals surface area contributed by atoms with E-state index in [-0.39, 0.29) is 12.6 Å². The van der Waals surface area contributed by atoms with Crippen LogP contribution in [0.3, 0.4) is 0 Å². The SMILES string of the molecule is CN(CC1CC2CCC1C2)C(=O)N1CCOC(C(=O)O)C1. The third-order valence-corrected chi connectivity index (χ3v) is 5.33. The van der Waals surface area contributed by atoms with E-state index in [0.717, 1.165) is 18.4 Å². The van der Waals surface area contributed by atoms with Crippen LogP contribution < -0.4 is 0 Å². The monoisotopic (exact) mass is 296 g/mol. The van der Waals surface area contributed by atoms with Gasteiger partial charge in [0.1, 0.15) is 0 Å². The van der Waals surface area contributed by atoms with Crippen molar-refractivity contribution in [1.29, 1.82) is 0 Å². The largest absolute Gasteiger partial charge is 0.479 e. The molecule has 6 nitrogen and oxygen atoms in total. The highest BCUT2D eigenvalue weighted by Gasteiger charge is 2.40. The molecule has 4 atom stereocenters. The van der Waals surface area contributed by atoms with Gasteiger partial charge < -0.3 is 19.6 Å². The normalized spacial score (nSPS) is 35.0. The first-order chi connectivity index (χ1) is 10.0. The number of carbonyl (C=O) groups excluding carboxylic acids is 1. The van der Waals surface area contributed by atoms with Crippen LogP contribution >= 0.6 is 0 Å². The van der Waals surface area contributed by atoms with Crippen LogP contribution in [0.5, 0.6) is 0 Å². The standard InChI is InChI=1S/C15H24N2O4/c1-16(8-12-7-10-2-3-11(12)6-10)15(20)17-4-5-21-13(9-17)14(18)19/h10-13H,2-9H2,1H3,(H,18,19). The fraction of sp³-hybridized carbons (Fsp3) is 0.867. The molecule has 2 aliphatic carbocycles. The number of ether oxygens (including phenoxy) is 1. The van der Waals surface area contributed by atoms with Gasteiger partial charge in [0, 0.05) is 20.1 Å². The quantitative estimate of drug-likeness (QED) is 0.851. The van der Waals surface area contributed by atoms with E-state index >= 15 is 0 Å². The van der Waals surface area contributed by atoms with Crippen molar-refractivity contribution in [3.63, 3.8) is 0 Å². The molecule has 3 rings (SSSR count). The van der Waals surface area contributed by atoms with E-state index in [2.05, 4.69) is 0 Å². The first-order valence-corrected chi connectivity index (χ1v) is 7.89. The summed E-state index contributed by atoms with van der Waals surface area (Å²) in [6, 6.07) is -0.0627. The van der Waals surface area contributed by atoms with Gasteiger partial charge >= 0.3 is 12.0 Å². The lowest BCUT2D eigenvalue weighted by Crippen LogP contribution is -2.52. The van der Waals surface area contributed by atoms with Crippen molar-refractivity contribution in [2.45, 2.75) is 31.8 Å². The molecule has 1 saturated heterocycles. The highest BCUT2D eigenvalue weighted by molar-refractivity contribution is 5.77. The zero-order valence-electron chi connectivity index (χ0n) is 12.5. The van der Waals surface area contributed by atoms with Crippen molar-refractivity contribution in [1.82, 2.24) is 9.80 Å². The molecule has 6 heteroatoms. The summed E-state index contributed by atoms with van der Waals surface area (Å²) in [6.07, 6.45) is 4.38. The number of aliphatic carboxylic acids is 1. The zero-order chi connectivity index (χ0) is 15.0. The van der Waals surface area contributed by atoms with E-state index < -0.39 is 12.1 Å². The third kappa shape index (κ3) is 3.00. The van der Waals surface area contributed by atoms with E-state index in [1.807, 2.05) is 7.05 Å².